The van der Waals surface area contributed by atoms with Gasteiger partial charge in [0.05, 0.1) is 18.3 Å². The van der Waals surface area contributed by atoms with Crippen molar-refractivity contribution in [2.24, 2.45) is 5.10 Å². The van der Waals surface area contributed by atoms with Crippen LogP contribution >= 0.6 is 45.2 Å². The number of nitro groups is 1. The van der Waals surface area contributed by atoms with E-state index in [0.717, 1.165) is 24.0 Å². The molecule has 0 aliphatic rings. The molecule has 0 atom stereocenters. The molecule has 1 N–H and O–H groups in total. The summed E-state index contributed by atoms with van der Waals surface area (Å²) >= 11 is 4.42. The minimum Gasteiger partial charge on any atom is -0.487 e. The summed E-state index contributed by atoms with van der Waals surface area (Å²) in [5.74, 6) is 0.245. The van der Waals surface area contributed by atoms with Gasteiger partial charge in [-0.3, -0.25) is 14.9 Å². The summed E-state index contributed by atoms with van der Waals surface area (Å²) in [5.41, 5.74) is 5.79. The Bertz CT molecular complexity index is 1410. The van der Waals surface area contributed by atoms with Crippen molar-refractivity contribution < 1.29 is 18.9 Å². The van der Waals surface area contributed by atoms with Crippen LogP contribution in [0.25, 0.3) is 11.0 Å². The third kappa shape index (κ3) is 5.73. The number of hydrogen-bond donors (Lipinski definition) is 1. The van der Waals surface area contributed by atoms with Crippen molar-refractivity contribution in [1.82, 2.24) is 5.43 Å². The summed E-state index contributed by atoms with van der Waals surface area (Å²) in [7, 11) is 0. The lowest BCUT2D eigenvalue weighted by Gasteiger charge is -2.12. The Morgan fingerprint density at radius 3 is 2.62 bits per heavy atom. The summed E-state index contributed by atoms with van der Waals surface area (Å²) in [4.78, 5) is 22.8. The number of ether oxygens (including phenoxy) is 1. The van der Waals surface area contributed by atoms with E-state index in [9.17, 15) is 14.9 Å². The molecule has 1 aromatic heterocycles. The van der Waals surface area contributed by atoms with Gasteiger partial charge in [-0.05, 0) is 87.5 Å². The molecule has 10 heteroatoms. The molecule has 0 unspecified atom stereocenters. The molecular weight excluding hydrogens is 664 g/mol. The average molecular weight is 681 g/mol. The van der Waals surface area contributed by atoms with Crippen molar-refractivity contribution >= 4 is 74.0 Å². The van der Waals surface area contributed by atoms with Crippen LogP contribution in [0.1, 0.15) is 27.2 Å². The maximum atomic E-state index is 12.4. The zero-order valence-electron chi connectivity index (χ0n) is 17.7. The molecule has 0 bridgehead atoms. The Labute approximate surface area is 221 Å². The van der Waals surface area contributed by atoms with Gasteiger partial charge in [0.2, 0.25) is 0 Å². The van der Waals surface area contributed by atoms with E-state index in [1.165, 1.54) is 36.0 Å². The van der Waals surface area contributed by atoms with Gasteiger partial charge in [0.25, 0.3) is 5.69 Å². The summed E-state index contributed by atoms with van der Waals surface area (Å²) in [5, 5.41) is 15.4. The van der Waals surface area contributed by atoms with Crippen LogP contribution in [0.2, 0.25) is 0 Å². The molecule has 0 saturated carbocycles. The number of halogens is 2. The van der Waals surface area contributed by atoms with E-state index in [1.807, 2.05) is 37.3 Å². The summed E-state index contributed by atoms with van der Waals surface area (Å²) in [6, 6.07) is 17.6. The Kier molecular flexibility index (Phi) is 7.46. The summed E-state index contributed by atoms with van der Waals surface area (Å²) < 4.78 is 13.3. The SMILES string of the molecule is Cc1cccc(COc2c(I)cc(/C=N\NC(=O)c3cc4cc([N+](=O)[O-])ccc4o3)cc2I)c1. The van der Waals surface area contributed by atoms with Crippen LogP contribution in [0.3, 0.4) is 0 Å². The number of nitro benzene ring substituents is 1. The van der Waals surface area contributed by atoms with Gasteiger partial charge in [0.15, 0.2) is 5.76 Å². The van der Waals surface area contributed by atoms with Crippen LogP contribution in [-0.2, 0) is 6.61 Å². The van der Waals surface area contributed by atoms with Crippen LogP contribution in [0, 0.1) is 24.2 Å². The second-order valence-corrected chi connectivity index (χ2v) is 9.70. The highest BCUT2D eigenvalue weighted by Crippen LogP contribution is 2.29. The molecule has 0 radical (unpaired) electrons. The van der Waals surface area contributed by atoms with E-state index in [-0.39, 0.29) is 11.4 Å². The third-order valence-electron chi connectivity index (χ3n) is 4.80. The first kappa shape index (κ1) is 24.1. The first-order chi connectivity index (χ1) is 16.3. The molecular formula is C24H17I2N3O5. The topological polar surface area (TPSA) is 107 Å². The largest absolute Gasteiger partial charge is 0.487 e. The second kappa shape index (κ2) is 10.5. The lowest BCUT2D eigenvalue weighted by molar-refractivity contribution is -0.384. The van der Waals surface area contributed by atoms with Gasteiger partial charge < -0.3 is 9.15 Å². The van der Waals surface area contributed by atoms with Crippen molar-refractivity contribution in [3.8, 4) is 5.75 Å². The van der Waals surface area contributed by atoms with Gasteiger partial charge in [-0.2, -0.15) is 5.10 Å². The van der Waals surface area contributed by atoms with E-state index in [1.54, 1.807) is 0 Å². The number of fused-ring (bicyclic) bond motifs is 1. The number of hydrazone groups is 1. The number of benzene rings is 3. The fourth-order valence-electron chi connectivity index (χ4n) is 3.23. The Balaban J connectivity index is 1.41. The number of non-ortho nitro benzene ring substituents is 1. The highest BCUT2D eigenvalue weighted by Gasteiger charge is 2.15. The summed E-state index contributed by atoms with van der Waals surface area (Å²) in [6.07, 6.45) is 1.53. The maximum absolute atomic E-state index is 12.4. The van der Waals surface area contributed by atoms with Crippen LogP contribution < -0.4 is 10.2 Å². The number of hydrogen-bond acceptors (Lipinski definition) is 6. The fraction of sp³-hybridized carbons (Fsp3) is 0.0833. The molecule has 4 aromatic rings. The smallest absolute Gasteiger partial charge is 0.307 e. The van der Waals surface area contributed by atoms with E-state index < -0.39 is 10.8 Å². The van der Waals surface area contributed by atoms with Gasteiger partial charge in [-0.1, -0.05) is 29.8 Å². The molecule has 172 valence electrons. The molecule has 0 fully saturated rings. The Hall–Kier alpha value is -3.00. The van der Waals surface area contributed by atoms with Gasteiger partial charge in [-0.15, -0.1) is 0 Å². The first-order valence-electron chi connectivity index (χ1n) is 9.99. The molecule has 0 saturated heterocycles. The zero-order valence-corrected chi connectivity index (χ0v) is 22.1. The summed E-state index contributed by atoms with van der Waals surface area (Å²) in [6.45, 7) is 2.52. The van der Waals surface area contributed by atoms with E-state index in [2.05, 4.69) is 61.8 Å². The predicted molar refractivity (Wildman–Crippen MR) is 145 cm³/mol. The number of carbonyl (C=O) groups is 1. The van der Waals surface area contributed by atoms with Crippen LogP contribution in [0.5, 0.6) is 5.75 Å². The lowest BCUT2D eigenvalue weighted by Crippen LogP contribution is -2.16. The number of carbonyl (C=O) groups excluding carboxylic acids is 1. The van der Waals surface area contributed by atoms with Gasteiger partial charge in [-0.25, -0.2) is 5.43 Å². The van der Waals surface area contributed by atoms with Crippen molar-refractivity contribution in [3.05, 3.63) is 100 Å². The zero-order chi connectivity index (χ0) is 24.2. The third-order valence-corrected chi connectivity index (χ3v) is 6.40. The van der Waals surface area contributed by atoms with Crippen molar-refractivity contribution in [2.45, 2.75) is 13.5 Å². The molecule has 0 spiro atoms. The predicted octanol–water partition coefficient (Wildman–Crippen LogP) is 6.20. The number of rotatable bonds is 7. The Morgan fingerprint density at radius 1 is 1.15 bits per heavy atom. The number of nitrogens with one attached hydrogen (secondary N) is 1. The monoisotopic (exact) mass is 681 g/mol. The van der Waals surface area contributed by atoms with Crippen molar-refractivity contribution in [3.63, 3.8) is 0 Å². The first-order valence-corrected chi connectivity index (χ1v) is 12.1. The number of nitrogens with zero attached hydrogens (tertiary/aromatic N) is 2. The van der Waals surface area contributed by atoms with Gasteiger partial charge in [0, 0.05) is 17.5 Å². The van der Waals surface area contributed by atoms with Gasteiger partial charge in [0.1, 0.15) is 17.9 Å². The number of amides is 1. The number of aryl methyl sites for hydroxylation is 1. The molecule has 1 amide bonds. The van der Waals surface area contributed by atoms with Crippen molar-refractivity contribution in [1.29, 1.82) is 0 Å². The molecule has 8 nitrogen and oxygen atoms in total. The Morgan fingerprint density at radius 2 is 1.91 bits per heavy atom. The minimum absolute atomic E-state index is 0.0108. The molecule has 34 heavy (non-hydrogen) atoms. The molecule has 0 aliphatic carbocycles. The number of furan rings is 1. The minimum atomic E-state index is -0.558. The van der Waals surface area contributed by atoms with Gasteiger partial charge >= 0.3 is 5.91 Å². The lowest BCUT2D eigenvalue weighted by atomic mass is 10.1. The van der Waals surface area contributed by atoms with E-state index >= 15 is 0 Å². The van der Waals surface area contributed by atoms with E-state index in [4.69, 9.17) is 9.15 Å². The molecule has 0 aliphatic heterocycles. The highest BCUT2D eigenvalue weighted by atomic mass is 127. The van der Waals surface area contributed by atoms with Crippen LogP contribution in [-0.4, -0.2) is 17.0 Å². The second-order valence-electron chi connectivity index (χ2n) is 7.38. The maximum Gasteiger partial charge on any atom is 0.307 e. The van der Waals surface area contributed by atoms with E-state index in [0.29, 0.717) is 17.6 Å². The standard InChI is InChI=1S/C24H17I2N3O5/c1-14-3-2-4-15(7-14)13-33-23-19(25)8-16(9-20(23)26)12-27-28-24(30)22-11-17-10-18(29(31)32)5-6-21(17)34-22/h2-12H,13H2,1H3,(H,28,30)/b27-12-. The van der Waals surface area contributed by atoms with Crippen molar-refractivity contribution in [2.75, 3.05) is 0 Å². The average Bonchev–Trinajstić information content (AvgIpc) is 3.22. The van der Waals surface area contributed by atoms with Crippen LogP contribution in [0.15, 0.2) is 70.2 Å². The molecule has 3 aromatic carbocycles. The quantitative estimate of drug-likeness (QED) is 0.108. The fourth-order valence-corrected chi connectivity index (χ4v) is 5.35. The van der Waals surface area contributed by atoms with Crippen LogP contribution in [0.4, 0.5) is 5.69 Å². The molecule has 4 rings (SSSR count). The molecule has 1 heterocycles. The normalized spacial score (nSPS) is 11.1. The highest BCUT2D eigenvalue weighted by molar-refractivity contribution is 14.1.